The third-order valence-electron chi connectivity index (χ3n) is 4.70. The summed E-state index contributed by atoms with van der Waals surface area (Å²) in [6.07, 6.45) is 1.90. The van der Waals surface area contributed by atoms with E-state index in [4.69, 9.17) is 8.53 Å². The highest BCUT2D eigenvalue weighted by molar-refractivity contribution is 7.19. The minimum atomic E-state index is -2.27. The van der Waals surface area contributed by atoms with Gasteiger partial charge in [0.1, 0.15) is 5.58 Å². The van der Waals surface area contributed by atoms with Gasteiger partial charge in [-0.1, -0.05) is 12.1 Å². The number of aryl methyl sites for hydroxylation is 3. The fraction of sp³-hybridized carbons (Fsp3) is 0.143. The first-order valence-electron chi connectivity index (χ1n) is 9.52. The van der Waals surface area contributed by atoms with Gasteiger partial charge >= 0.3 is 0 Å². The number of rotatable bonds is 1. The lowest BCUT2D eigenvalue weighted by Gasteiger charge is -2.02. The lowest BCUT2D eigenvalue weighted by Crippen LogP contribution is -1.84. The van der Waals surface area contributed by atoms with Crippen molar-refractivity contribution in [3.8, 4) is 11.3 Å². The second-order valence-electron chi connectivity index (χ2n) is 6.18. The van der Waals surface area contributed by atoms with Gasteiger partial charge in [-0.25, -0.2) is 4.98 Å². The van der Waals surface area contributed by atoms with Gasteiger partial charge in [-0.3, -0.25) is 4.98 Å². The monoisotopic (exact) mass is 347 g/mol. The fourth-order valence-corrected chi connectivity index (χ4v) is 4.30. The Hall–Kier alpha value is -2.72. The van der Waals surface area contributed by atoms with E-state index in [0.717, 1.165) is 22.0 Å². The molecule has 0 bridgehead atoms. The quantitative estimate of drug-likeness (QED) is 0.363. The number of pyridine rings is 2. The van der Waals surface area contributed by atoms with Gasteiger partial charge in [-0.2, -0.15) is 0 Å². The molecule has 0 amide bonds. The van der Waals surface area contributed by atoms with E-state index in [-0.39, 0.29) is 5.69 Å². The smallest absolute Gasteiger partial charge is 0.227 e. The highest BCUT2D eigenvalue weighted by Crippen LogP contribution is 2.37. The number of thiophene rings is 1. The zero-order valence-electron chi connectivity index (χ0n) is 16.8. The molecule has 4 heterocycles. The van der Waals surface area contributed by atoms with E-state index in [1.54, 1.807) is 23.5 Å². The van der Waals surface area contributed by atoms with Crippen molar-refractivity contribution in [3.63, 3.8) is 0 Å². The van der Waals surface area contributed by atoms with Crippen molar-refractivity contribution in [1.82, 2.24) is 9.97 Å². The normalized spacial score (nSPS) is 14.1. The number of hydrogen-bond acceptors (Lipinski definition) is 4. The summed E-state index contributed by atoms with van der Waals surface area (Å²) >= 11 is 1.74. The molecule has 0 atom stereocenters. The summed E-state index contributed by atoms with van der Waals surface area (Å²) in [6, 6.07) is 11.3. The minimum Gasteiger partial charge on any atom is -0.437 e. The van der Waals surface area contributed by atoms with Crippen LogP contribution in [0, 0.1) is 20.7 Å². The Morgan fingerprint density at radius 2 is 2.00 bits per heavy atom. The summed E-state index contributed by atoms with van der Waals surface area (Å²) in [7, 11) is 0. The molecule has 0 aliphatic carbocycles. The van der Waals surface area contributed by atoms with Crippen LogP contribution in [-0.2, 0) is 0 Å². The van der Waals surface area contributed by atoms with E-state index >= 15 is 0 Å². The van der Waals surface area contributed by atoms with Gasteiger partial charge < -0.3 is 4.42 Å². The van der Waals surface area contributed by atoms with Crippen molar-refractivity contribution in [3.05, 3.63) is 58.7 Å². The van der Waals surface area contributed by atoms with Crippen LogP contribution < -0.4 is 0 Å². The fourth-order valence-electron chi connectivity index (χ4n) is 3.28. The van der Waals surface area contributed by atoms with Crippen LogP contribution in [0.5, 0.6) is 0 Å². The number of nitrogens with zero attached hydrogens (tertiary/aromatic N) is 2. The number of fused-ring (bicyclic) bond motifs is 4. The topological polar surface area (TPSA) is 38.9 Å². The molecule has 0 N–H and O–H groups in total. The number of para-hydroxylation sites is 1. The van der Waals surface area contributed by atoms with Crippen molar-refractivity contribution in [1.29, 1.82) is 0 Å². The van der Waals surface area contributed by atoms with Crippen LogP contribution in [0.2, 0.25) is 0 Å². The molecule has 0 fully saturated rings. The first kappa shape index (κ1) is 11.8. The summed E-state index contributed by atoms with van der Waals surface area (Å²) in [4.78, 5) is 10.2. The molecule has 4 heteroatoms. The third-order valence-corrected chi connectivity index (χ3v) is 5.86. The van der Waals surface area contributed by atoms with Crippen LogP contribution in [0.15, 0.2) is 47.0 Å². The van der Waals surface area contributed by atoms with Crippen LogP contribution in [0.3, 0.4) is 0 Å². The SMILES string of the molecule is [2H]C([2H])([2H])c1ccc2c(n1)oc1c(-c3cc4c(C)c(C)sc4cn3)cccc12. The average molecular weight is 347 g/mol. The van der Waals surface area contributed by atoms with E-state index in [1.807, 2.05) is 24.4 Å². The summed E-state index contributed by atoms with van der Waals surface area (Å²) in [5.41, 5.74) is 4.00. The zero-order chi connectivity index (χ0) is 19.6. The van der Waals surface area contributed by atoms with E-state index in [1.165, 1.54) is 20.5 Å². The molecule has 1 aromatic carbocycles. The number of benzene rings is 1. The van der Waals surface area contributed by atoms with Gasteiger partial charge in [-0.05, 0) is 55.9 Å². The second-order valence-corrected chi connectivity index (χ2v) is 7.44. The Kier molecular flexibility index (Phi) is 2.42. The van der Waals surface area contributed by atoms with Crippen molar-refractivity contribution >= 4 is 43.5 Å². The summed E-state index contributed by atoms with van der Waals surface area (Å²) < 4.78 is 29.9. The van der Waals surface area contributed by atoms with Gasteiger partial charge in [0.25, 0.3) is 0 Å². The van der Waals surface area contributed by atoms with Gasteiger partial charge in [0.15, 0.2) is 0 Å². The largest absolute Gasteiger partial charge is 0.437 e. The highest BCUT2D eigenvalue weighted by atomic mass is 32.1. The lowest BCUT2D eigenvalue weighted by atomic mass is 10.0. The van der Waals surface area contributed by atoms with Crippen molar-refractivity contribution < 1.29 is 8.53 Å². The molecule has 122 valence electrons. The first-order valence-corrected chi connectivity index (χ1v) is 8.83. The number of furan rings is 1. The van der Waals surface area contributed by atoms with E-state index in [9.17, 15) is 0 Å². The van der Waals surface area contributed by atoms with Gasteiger partial charge in [0.05, 0.1) is 10.4 Å². The summed E-state index contributed by atoms with van der Waals surface area (Å²) in [6.45, 7) is 1.98. The standard InChI is InChI=1S/C21H16N2OS/c1-11-7-8-15-14-5-4-6-16(20(14)24-21(15)23-11)18-9-17-12(2)13(3)25-19(17)10-22-18/h4-10H,1-3H3/i1D3. The Labute approximate surface area is 153 Å². The molecule has 0 aliphatic rings. The molecule has 0 unspecified atom stereocenters. The van der Waals surface area contributed by atoms with Crippen LogP contribution in [0.25, 0.3) is 43.4 Å². The van der Waals surface area contributed by atoms with Crippen molar-refractivity contribution in [2.45, 2.75) is 20.7 Å². The second kappa shape index (κ2) is 5.14. The Morgan fingerprint density at radius 3 is 2.88 bits per heavy atom. The molecule has 0 saturated carbocycles. The molecule has 5 aromatic rings. The van der Waals surface area contributed by atoms with Gasteiger partial charge in [0.2, 0.25) is 5.71 Å². The van der Waals surface area contributed by atoms with Crippen molar-refractivity contribution in [2.75, 3.05) is 0 Å². The first-order chi connectivity index (χ1) is 13.3. The van der Waals surface area contributed by atoms with E-state index in [0.29, 0.717) is 11.3 Å². The maximum Gasteiger partial charge on any atom is 0.227 e. The van der Waals surface area contributed by atoms with E-state index in [2.05, 4.69) is 29.9 Å². The zero-order valence-corrected chi connectivity index (χ0v) is 14.6. The molecule has 5 rings (SSSR count). The molecule has 0 aliphatic heterocycles. The summed E-state index contributed by atoms with van der Waals surface area (Å²) in [5, 5.41) is 2.90. The summed E-state index contributed by atoms with van der Waals surface area (Å²) in [5.74, 6) is 0. The molecular weight excluding hydrogens is 328 g/mol. The van der Waals surface area contributed by atoms with Crippen LogP contribution in [-0.4, -0.2) is 9.97 Å². The molecular formula is C21H16N2OS. The molecule has 0 radical (unpaired) electrons. The predicted octanol–water partition coefficient (Wildman–Crippen LogP) is 6.18. The van der Waals surface area contributed by atoms with Crippen LogP contribution >= 0.6 is 11.3 Å². The average Bonchev–Trinajstić information content (AvgIpc) is 3.17. The molecule has 25 heavy (non-hydrogen) atoms. The van der Waals surface area contributed by atoms with Gasteiger partial charge in [0, 0.05) is 37.2 Å². The predicted molar refractivity (Wildman–Crippen MR) is 104 cm³/mol. The number of hydrogen-bond donors (Lipinski definition) is 0. The molecule has 4 aromatic heterocycles. The van der Waals surface area contributed by atoms with Crippen molar-refractivity contribution in [2.24, 2.45) is 0 Å². The maximum absolute atomic E-state index is 7.58. The third kappa shape index (κ3) is 2.11. The molecule has 0 saturated heterocycles. The van der Waals surface area contributed by atoms with Gasteiger partial charge in [-0.15, -0.1) is 11.3 Å². The van der Waals surface area contributed by atoms with Crippen LogP contribution in [0.1, 0.15) is 20.2 Å². The lowest BCUT2D eigenvalue weighted by molar-refractivity contribution is 0.653. The highest BCUT2D eigenvalue weighted by Gasteiger charge is 2.15. The number of aromatic nitrogens is 2. The van der Waals surface area contributed by atoms with Crippen LogP contribution in [0.4, 0.5) is 0 Å². The Bertz CT molecular complexity index is 1380. The molecule has 0 spiro atoms. The molecule has 3 nitrogen and oxygen atoms in total. The Balaban J connectivity index is 1.77. The minimum absolute atomic E-state index is 0.0320. The maximum atomic E-state index is 7.58. The van der Waals surface area contributed by atoms with E-state index < -0.39 is 6.85 Å². The Morgan fingerprint density at radius 1 is 1.08 bits per heavy atom.